The van der Waals surface area contributed by atoms with Gasteiger partial charge in [0.05, 0.1) is 16.3 Å². The van der Waals surface area contributed by atoms with Crippen molar-refractivity contribution in [2.75, 3.05) is 16.8 Å². The van der Waals surface area contributed by atoms with Crippen LogP contribution in [0.4, 0.5) is 5.69 Å². The van der Waals surface area contributed by atoms with Crippen LogP contribution in [0, 0.1) is 5.92 Å². The van der Waals surface area contributed by atoms with Gasteiger partial charge in [-0.2, -0.15) is 0 Å². The van der Waals surface area contributed by atoms with E-state index in [0.29, 0.717) is 29.4 Å². The van der Waals surface area contributed by atoms with Crippen molar-refractivity contribution in [1.29, 1.82) is 0 Å². The van der Waals surface area contributed by atoms with Crippen LogP contribution in [-0.2, 0) is 26.0 Å². The zero-order valence-corrected chi connectivity index (χ0v) is 18.2. The topological polar surface area (TPSA) is 92.3 Å². The summed E-state index contributed by atoms with van der Waals surface area (Å²) in [5.41, 5.74) is 1.37. The van der Waals surface area contributed by atoms with Gasteiger partial charge in [-0.3, -0.25) is 9.59 Å². The first-order valence-electron chi connectivity index (χ1n) is 9.06. The van der Waals surface area contributed by atoms with Gasteiger partial charge in [0.25, 0.3) is 0 Å². The smallest absolute Gasteiger partial charge is 0.225 e. The normalized spacial score (nSPS) is 15.0. The maximum atomic E-state index is 12.8. The molecule has 3 rings (SSSR count). The number of halogens is 1. The third-order valence-electron chi connectivity index (χ3n) is 4.47. The van der Waals surface area contributed by atoms with Crippen molar-refractivity contribution in [3.63, 3.8) is 0 Å². The summed E-state index contributed by atoms with van der Waals surface area (Å²) < 4.78 is 25.6. The summed E-state index contributed by atoms with van der Waals surface area (Å²) in [6.45, 7) is 1.87. The van der Waals surface area contributed by atoms with Crippen molar-refractivity contribution in [3.05, 3.63) is 53.1 Å². The number of carbonyl (C=O) groups is 2. The number of amides is 2. The van der Waals surface area contributed by atoms with Gasteiger partial charge in [-0.25, -0.2) is 8.42 Å². The van der Waals surface area contributed by atoms with Gasteiger partial charge in [-0.1, -0.05) is 30.7 Å². The van der Waals surface area contributed by atoms with Crippen LogP contribution in [0.1, 0.15) is 18.9 Å². The number of hydrogen-bond acceptors (Lipinski definition) is 5. The Bertz CT molecular complexity index is 1020. The molecule has 2 aromatic carbocycles. The molecule has 0 bridgehead atoms. The highest BCUT2D eigenvalue weighted by Gasteiger charge is 2.25. The highest BCUT2D eigenvalue weighted by molar-refractivity contribution is 7.99. The van der Waals surface area contributed by atoms with Crippen LogP contribution in [0.2, 0.25) is 5.02 Å². The lowest BCUT2D eigenvalue weighted by atomic mass is 10.2. The van der Waals surface area contributed by atoms with E-state index >= 15 is 0 Å². The Balaban J connectivity index is 1.65. The number of nitrogens with one attached hydrogen (secondary N) is 2. The molecule has 29 heavy (non-hydrogen) atoms. The fraction of sp³-hybridized carbons (Fsp3) is 0.300. The summed E-state index contributed by atoms with van der Waals surface area (Å²) in [5, 5.41) is 6.10. The average molecular weight is 453 g/mol. The van der Waals surface area contributed by atoms with E-state index < -0.39 is 15.8 Å². The van der Waals surface area contributed by atoms with E-state index in [9.17, 15) is 18.0 Å². The molecule has 0 saturated heterocycles. The largest absolute Gasteiger partial charge is 0.352 e. The standard InChI is InChI=1S/C20H21ClN2O4S2/c1-13(20(25)22-11-14-2-4-15(21)5-3-14)12-29(26,27)16-6-7-18-17(10-16)23-19(24)8-9-28-18/h2-7,10,13H,8-9,11-12H2,1H3,(H,22,25)(H,23,24). The Morgan fingerprint density at radius 3 is 2.69 bits per heavy atom. The van der Waals surface area contributed by atoms with E-state index in [4.69, 9.17) is 11.6 Å². The first-order valence-corrected chi connectivity index (χ1v) is 12.1. The lowest BCUT2D eigenvalue weighted by molar-refractivity contribution is -0.124. The molecule has 1 atom stereocenters. The Morgan fingerprint density at radius 2 is 1.97 bits per heavy atom. The second-order valence-electron chi connectivity index (χ2n) is 6.83. The van der Waals surface area contributed by atoms with Crippen molar-refractivity contribution in [2.45, 2.75) is 29.7 Å². The molecular formula is C20H21ClN2O4S2. The van der Waals surface area contributed by atoms with Crippen molar-refractivity contribution in [3.8, 4) is 0 Å². The molecule has 0 radical (unpaired) electrons. The van der Waals surface area contributed by atoms with Gasteiger partial charge in [-0.05, 0) is 35.9 Å². The Morgan fingerprint density at radius 1 is 1.24 bits per heavy atom. The van der Waals surface area contributed by atoms with Crippen molar-refractivity contribution >= 4 is 50.7 Å². The fourth-order valence-electron chi connectivity index (χ4n) is 2.86. The van der Waals surface area contributed by atoms with Crippen LogP contribution in [0.5, 0.6) is 0 Å². The molecule has 154 valence electrons. The average Bonchev–Trinajstić information content (AvgIpc) is 2.86. The minimum atomic E-state index is -3.69. The van der Waals surface area contributed by atoms with Gasteiger partial charge < -0.3 is 10.6 Å². The van der Waals surface area contributed by atoms with Crippen molar-refractivity contribution < 1.29 is 18.0 Å². The zero-order valence-electron chi connectivity index (χ0n) is 15.8. The van der Waals surface area contributed by atoms with Gasteiger partial charge in [-0.15, -0.1) is 11.8 Å². The molecule has 0 aromatic heterocycles. The number of hydrogen-bond donors (Lipinski definition) is 2. The summed E-state index contributed by atoms with van der Waals surface area (Å²) in [6.07, 6.45) is 0.381. The number of carbonyl (C=O) groups excluding carboxylic acids is 2. The first-order chi connectivity index (χ1) is 13.7. The molecule has 0 spiro atoms. The van der Waals surface area contributed by atoms with Crippen LogP contribution in [0.25, 0.3) is 0 Å². The van der Waals surface area contributed by atoms with Gasteiger partial charge >= 0.3 is 0 Å². The molecule has 0 fully saturated rings. The van der Waals surface area contributed by atoms with Gasteiger partial charge in [0.15, 0.2) is 9.84 Å². The molecule has 1 unspecified atom stereocenters. The van der Waals surface area contributed by atoms with E-state index in [1.807, 2.05) is 0 Å². The number of thioether (sulfide) groups is 1. The van der Waals surface area contributed by atoms with Crippen LogP contribution in [0.15, 0.2) is 52.3 Å². The van der Waals surface area contributed by atoms with Gasteiger partial charge in [0.2, 0.25) is 11.8 Å². The van der Waals surface area contributed by atoms with Crippen LogP contribution in [0.3, 0.4) is 0 Å². The Kier molecular flexibility index (Phi) is 6.87. The number of sulfone groups is 1. The molecule has 1 heterocycles. The molecule has 1 aliphatic heterocycles. The number of benzene rings is 2. The predicted octanol–water partition coefficient (Wildman–Crippen LogP) is 3.50. The summed E-state index contributed by atoms with van der Waals surface area (Å²) >= 11 is 7.34. The zero-order chi connectivity index (χ0) is 21.0. The summed E-state index contributed by atoms with van der Waals surface area (Å²) in [7, 11) is -3.69. The predicted molar refractivity (Wildman–Crippen MR) is 115 cm³/mol. The minimum Gasteiger partial charge on any atom is -0.352 e. The SMILES string of the molecule is CC(CS(=O)(=O)c1ccc2c(c1)NC(=O)CCS2)C(=O)NCc1ccc(Cl)cc1. The Labute approximate surface area is 179 Å². The van der Waals surface area contributed by atoms with Crippen molar-refractivity contribution in [1.82, 2.24) is 5.32 Å². The number of anilines is 1. The molecule has 9 heteroatoms. The summed E-state index contributed by atoms with van der Waals surface area (Å²) in [6, 6.07) is 11.7. The summed E-state index contributed by atoms with van der Waals surface area (Å²) in [5.74, 6) is -0.882. The molecular weight excluding hydrogens is 432 g/mol. The quantitative estimate of drug-likeness (QED) is 0.699. The maximum Gasteiger partial charge on any atom is 0.225 e. The number of rotatable bonds is 6. The molecule has 6 nitrogen and oxygen atoms in total. The van der Waals surface area contributed by atoms with E-state index in [1.54, 1.807) is 37.3 Å². The highest BCUT2D eigenvalue weighted by atomic mass is 35.5. The lowest BCUT2D eigenvalue weighted by Crippen LogP contribution is -2.32. The highest BCUT2D eigenvalue weighted by Crippen LogP contribution is 2.33. The minimum absolute atomic E-state index is 0.0939. The van der Waals surface area contributed by atoms with E-state index in [2.05, 4.69) is 10.6 Å². The van der Waals surface area contributed by atoms with E-state index in [0.717, 1.165) is 10.5 Å². The fourth-order valence-corrected chi connectivity index (χ4v) is 5.50. The lowest BCUT2D eigenvalue weighted by Gasteiger charge is -2.14. The number of fused-ring (bicyclic) bond motifs is 1. The molecule has 2 N–H and O–H groups in total. The molecule has 1 aliphatic rings. The molecule has 2 aromatic rings. The molecule has 0 aliphatic carbocycles. The third kappa shape index (κ3) is 5.74. The van der Waals surface area contributed by atoms with Crippen LogP contribution >= 0.6 is 23.4 Å². The van der Waals surface area contributed by atoms with E-state index in [-0.39, 0.29) is 22.5 Å². The van der Waals surface area contributed by atoms with Gasteiger partial charge in [0, 0.05) is 34.6 Å². The van der Waals surface area contributed by atoms with Gasteiger partial charge in [0.1, 0.15) is 0 Å². The van der Waals surface area contributed by atoms with Crippen LogP contribution < -0.4 is 10.6 Å². The maximum absolute atomic E-state index is 12.8. The third-order valence-corrected chi connectivity index (χ3v) is 7.71. The second kappa shape index (κ2) is 9.19. The molecule has 0 saturated carbocycles. The van der Waals surface area contributed by atoms with Crippen molar-refractivity contribution in [2.24, 2.45) is 5.92 Å². The van der Waals surface area contributed by atoms with E-state index in [1.165, 1.54) is 23.9 Å². The second-order valence-corrected chi connectivity index (χ2v) is 10.4. The van der Waals surface area contributed by atoms with Crippen LogP contribution in [-0.4, -0.2) is 31.7 Å². The summed E-state index contributed by atoms with van der Waals surface area (Å²) in [4.78, 5) is 25.0. The molecule has 2 amide bonds. The Hall–Kier alpha value is -2.03. The monoisotopic (exact) mass is 452 g/mol. The first kappa shape index (κ1) is 21.7.